The smallest absolute Gasteiger partial charge is 0.128 e. The van der Waals surface area contributed by atoms with Crippen LogP contribution < -0.4 is 0 Å². The van der Waals surface area contributed by atoms with Crippen molar-refractivity contribution in [2.75, 3.05) is 0 Å². The Bertz CT molecular complexity index is 225. The predicted molar refractivity (Wildman–Crippen MR) is 46.1 cm³/mol. The molecular weight excluding hydrogens is 136 g/mol. The minimum Gasteiger partial charge on any atom is -0.303 e. The summed E-state index contributed by atoms with van der Waals surface area (Å²) in [5, 5.41) is 0. The maximum absolute atomic E-state index is 10.6. The quantitative estimate of drug-likeness (QED) is 0.433. The van der Waals surface area contributed by atoms with Crippen LogP contribution in [-0.2, 0) is 4.79 Å². The predicted octanol–water partition coefficient (Wildman–Crippen LogP) is 2.12. The van der Waals surface area contributed by atoms with E-state index in [1.165, 1.54) is 0 Å². The van der Waals surface area contributed by atoms with E-state index in [-0.39, 0.29) is 11.3 Å². The molecule has 0 heterocycles. The lowest BCUT2D eigenvalue weighted by atomic mass is 9.75. The highest BCUT2D eigenvalue weighted by Crippen LogP contribution is 2.32. The van der Waals surface area contributed by atoms with Crippen molar-refractivity contribution in [2.45, 2.75) is 6.92 Å². The van der Waals surface area contributed by atoms with Crippen molar-refractivity contribution in [3.8, 4) is 0 Å². The van der Waals surface area contributed by atoms with Gasteiger partial charge >= 0.3 is 0 Å². The number of hydrogen-bond donors (Lipinski definition) is 0. The highest BCUT2D eigenvalue weighted by Gasteiger charge is 2.27. The zero-order valence-corrected chi connectivity index (χ0v) is 6.66. The molecule has 1 nitrogen and oxygen atoms in total. The summed E-state index contributed by atoms with van der Waals surface area (Å²) in [5.74, 6) is -0.0509. The topological polar surface area (TPSA) is 17.1 Å². The molecule has 0 aromatic carbocycles. The Labute approximate surface area is 67.1 Å². The SMILES string of the molecule is C=CC1(C)C=CC=CC1C=O. The van der Waals surface area contributed by atoms with Crippen molar-refractivity contribution in [1.82, 2.24) is 0 Å². The van der Waals surface area contributed by atoms with Gasteiger partial charge in [-0.25, -0.2) is 0 Å². The van der Waals surface area contributed by atoms with E-state index < -0.39 is 0 Å². The average Bonchev–Trinajstić information content (AvgIpc) is 2.05. The van der Waals surface area contributed by atoms with Crippen molar-refractivity contribution >= 4 is 6.29 Å². The number of aldehydes is 1. The molecule has 1 aliphatic rings. The molecule has 1 rings (SSSR count). The lowest BCUT2D eigenvalue weighted by Crippen LogP contribution is -2.23. The van der Waals surface area contributed by atoms with Gasteiger partial charge < -0.3 is 4.79 Å². The summed E-state index contributed by atoms with van der Waals surface area (Å²) >= 11 is 0. The van der Waals surface area contributed by atoms with Gasteiger partial charge in [0, 0.05) is 11.3 Å². The number of allylic oxidation sites excluding steroid dienone is 5. The molecule has 0 amide bonds. The lowest BCUT2D eigenvalue weighted by molar-refractivity contribution is -0.111. The van der Waals surface area contributed by atoms with Crippen molar-refractivity contribution < 1.29 is 4.79 Å². The first-order chi connectivity index (χ1) is 5.23. The zero-order chi connectivity index (χ0) is 8.32. The summed E-state index contributed by atoms with van der Waals surface area (Å²) in [6.45, 7) is 5.71. The van der Waals surface area contributed by atoms with Gasteiger partial charge in [-0.15, -0.1) is 6.58 Å². The van der Waals surface area contributed by atoms with E-state index in [9.17, 15) is 4.79 Å². The molecule has 0 spiro atoms. The summed E-state index contributed by atoms with van der Waals surface area (Å²) in [7, 11) is 0. The first kappa shape index (κ1) is 7.99. The van der Waals surface area contributed by atoms with Crippen LogP contribution in [0.5, 0.6) is 0 Å². The van der Waals surface area contributed by atoms with E-state index in [0.717, 1.165) is 6.29 Å². The number of hydrogen-bond acceptors (Lipinski definition) is 1. The fourth-order valence-electron chi connectivity index (χ4n) is 1.16. The molecule has 58 valence electrons. The van der Waals surface area contributed by atoms with Crippen LogP contribution in [0.25, 0.3) is 0 Å². The van der Waals surface area contributed by atoms with Crippen molar-refractivity contribution in [2.24, 2.45) is 11.3 Å². The molecule has 1 aliphatic carbocycles. The van der Waals surface area contributed by atoms with Gasteiger partial charge in [-0.05, 0) is 0 Å². The lowest BCUT2D eigenvalue weighted by Gasteiger charge is -2.27. The van der Waals surface area contributed by atoms with E-state index in [2.05, 4.69) is 6.58 Å². The second-order valence-electron chi connectivity index (χ2n) is 2.98. The van der Waals surface area contributed by atoms with Crippen LogP contribution in [0.4, 0.5) is 0 Å². The van der Waals surface area contributed by atoms with Crippen LogP contribution in [0, 0.1) is 11.3 Å². The summed E-state index contributed by atoms with van der Waals surface area (Å²) < 4.78 is 0. The molecule has 0 bridgehead atoms. The molecule has 0 aromatic heterocycles. The molecule has 0 fully saturated rings. The minimum absolute atomic E-state index is 0.0509. The van der Waals surface area contributed by atoms with Gasteiger partial charge in [0.1, 0.15) is 6.29 Å². The molecule has 0 saturated heterocycles. The normalized spacial score (nSPS) is 35.2. The standard InChI is InChI=1S/C10H12O/c1-3-10(2)7-5-4-6-9(10)8-11/h3-9H,1H2,2H3. The third kappa shape index (κ3) is 1.32. The largest absolute Gasteiger partial charge is 0.303 e. The average molecular weight is 148 g/mol. The molecule has 0 radical (unpaired) electrons. The molecule has 2 atom stereocenters. The molecule has 1 heteroatoms. The second kappa shape index (κ2) is 2.87. The van der Waals surface area contributed by atoms with Crippen molar-refractivity contribution in [3.05, 3.63) is 37.0 Å². The number of rotatable bonds is 2. The van der Waals surface area contributed by atoms with E-state index in [4.69, 9.17) is 0 Å². The number of carbonyl (C=O) groups is 1. The first-order valence-electron chi connectivity index (χ1n) is 3.68. The fraction of sp³-hybridized carbons (Fsp3) is 0.300. The Morgan fingerprint density at radius 3 is 2.73 bits per heavy atom. The first-order valence-corrected chi connectivity index (χ1v) is 3.68. The van der Waals surface area contributed by atoms with Crippen LogP contribution in [0.15, 0.2) is 37.0 Å². The Morgan fingerprint density at radius 2 is 2.27 bits per heavy atom. The number of carbonyl (C=O) groups excluding carboxylic acids is 1. The molecule has 0 N–H and O–H groups in total. The second-order valence-corrected chi connectivity index (χ2v) is 2.98. The highest BCUT2D eigenvalue weighted by atomic mass is 16.1. The molecule has 11 heavy (non-hydrogen) atoms. The van der Waals surface area contributed by atoms with Crippen LogP contribution >= 0.6 is 0 Å². The Balaban J connectivity index is 2.94. The van der Waals surface area contributed by atoms with Gasteiger partial charge in [-0.3, -0.25) is 0 Å². The molecule has 2 unspecified atom stereocenters. The van der Waals surface area contributed by atoms with Gasteiger partial charge in [-0.2, -0.15) is 0 Å². The van der Waals surface area contributed by atoms with E-state index >= 15 is 0 Å². The summed E-state index contributed by atoms with van der Waals surface area (Å²) in [4.78, 5) is 10.6. The van der Waals surface area contributed by atoms with Gasteiger partial charge in [0.2, 0.25) is 0 Å². The Morgan fingerprint density at radius 1 is 1.55 bits per heavy atom. The van der Waals surface area contributed by atoms with Gasteiger partial charge in [0.15, 0.2) is 0 Å². The summed E-state index contributed by atoms with van der Waals surface area (Å²) in [5.41, 5.74) is -0.184. The molecule has 0 aromatic rings. The van der Waals surface area contributed by atoms with Crippen LogP contribution in [0.3, 0.4) is 0 Å². The zero-order valence-electron chi connectivity index (χ0n) is 6.66. The Kier molecular flexibility index (Phi) is 2.08. The third-order valence-electron chi connectivity index (χ3n) is 2.19. The van der Waals surface area contributed by atoms with E-state index in [0.29, 0.717) is 0 Å². The van der Waals surface area contributed by atoms with E-state index in [1.54, 1.807) is 0 Å². The third-order valence-corrected chi connectivity index (χ3v) is 2.19. The highest BCUT2D eigenvalue weighted by molar-refractivity contribution is 5.61. The Hall–Kier alpha value is -1.11. The maximum Gasteiger partial charge on any atom is 0.128 e. The van der Waals surface area contributed by atoms with Gasteiger partial charge in [0.25, 0.3) is 0 Å². The van der Waals surface area contributed by atoms with Crippen LogP contribution in [0.2, 0.25) is 0 Å². The molecule has 0 aliphatic heterocycles. The van der Waals surface area contributed by atoms with Gasteiger partial charge in [-0.1, -0.05) is 37.3 Å². The summed E-state index contributed by atoms with van der Waals surface area (Å²) in [6.07, 6.45) is 10.5. The van der Waals surface area contributed by atoms with E-state index in [1.807, 2.05) is 37.3 Å². The van der Waals surface area contributed by atoms with Crippen LogP contribution in [0.1, 0.15) is 6.92 Å². The summed E-state index contributed by atoms with van der Waals surface area (Å²) in [6, 6.07) is 0. The monoisotopic (exact) mass is 148 g/mol. The van der Waals surface area contributed by atoms with Crippen molar-refractivity contribution in [1.29, 1.82) is 0 Å². The van der Waals surface area contributed by atoms with Gasteiger partial charge in [0.05, 0.1) is 0 Å². The fourth-order valence-corrected chi connectivity index (χ4v) is 1.16. The van der Waals surface area contributed by atoms with Crippen molar-refractivity contribution in [3.63, 3.8) is 0 Å². The maximum atomic E-state index is 10.6. The minimum atomic E-state index is -0.184. The molecule has 0 saturated carbocycles. The molecular formula is C10H12O. The van der Waals surface area contributed by atoms with Crippen LogP contribution in [-0.4, -0.2) is 6.29 Å².